The number of cyclic esters (lactones) is 1. The smallest absolute Gasteiger partial charge is 0.414 e. The fraction of sp³-hybridized carbons (Fsp3) is 0.385. The van der Waals surface area contributed by atoms with Crippen molar-refractivity contribution in [3.8, 4) is 0 Å². The summed E-state index contributed by atoms with van der Waals surface area (Å²) >= 11 is 1.48. The van der Waals surface area contributed by atoms with Crippen LogP contribution in [0.25, 0.3) is 0 Å². The number of nitrogens with zero attached hydrogens (tertiary/aromatic N) is 1. The van der Waals surface area contributed by atoms with Gasteiger partial charge in [-0.2, -0.15) is 0 Å². The number of ether oxygens (including phenoxy) is 1. The van der Waals surface area contributed by atoms with E-state index in [4.69, 9.17) is 9.84 Å². The van der Waals surface area contributed by atoms with Gasteiger partial charge >= 0.3 is 6.09 Å². The molecule has 106 valence electrons. The quantitative estimate of drug-likeness (QED) is 0.882. The van der Waals surface area contributed by atoms with E-state index in [2.05, 4.69) is 5.32 Å². The van der Waals surface area contributed by atoms with E-state index in [1.54, 1.807) is 6.07 Å². The van der Waals surface area contributed by atoms with Gasteiger partial charge in [0.15, 0.2) is 0 Å². The van der Waals surface area contributed by atoms with Crippen LogP contribution in [-0.2, 0) is 9.53 Å². The monoisotopic (exact) mass is 294 g/mol. The van der Waals surface area contributed by atoms with Crippen molar-refractivity contribution in [2.45, 2.75) is 17.4 Å². The fourth-order valence-electron chi connectivity index (χ4n) is 2.27. The third kappa shape index (κ3) is 2.46. The first-order valence-corrected chi connectivity index (χ1v) is 7.31. The first-order chi connectivity index (χ1) is 9.67. The lowest BCUT2D eigenvalue weighted by molar-refractivity contribution is -0.113. The van der Waals surface area contributed by atoms with Crippen molar-refractivity contribution < 1.29 is 19.4 Å². The SMILES string of the molecule is O=C1CSc2ccc(N3C[C@H](CCO)OC3=O)cc2N1. The average Bonchev–Trinajstić information content (AvgIpc) is 2.79. The molecule has 0 unspecified atom stereocenters. The van der Waals surface area contributed by atoms with Crippen molar-refractivity contribution in [1.29, 1.82) is 0 Å². The summed E-state index contributed by atoms with van der Waals surface area (Å²) in [7, 11) is 0. The number of rotatable bonds is 3. The molecule has 2 heterocycles. The van der Waals surface area contributed by atoms with Crippen molar-refractivity contribution in [1.82, 2.24) is 0 Å². The van der Waals surface area contributed by atoms with Crippen LogP contribution in [0, 0.1) is 0 Å². The molecule has 6 nitrogen and oxygen atoms in total. The molecule has 3 rings (SSSR count). The molecule has 0 aromatic heterocycles. The van der Waals surface area contributed by atoms with Crippen LogP contribution in [0.4, 0.5) is 16.2 Å². The summed E-state index contributed by atoms with van der Waals surface area (Å²) in [6.07, 6.45) is -0.273. The van der Waals surface area contributed by atoms with Gasteiger partial charge in [0.25, 0.3) is 0 Å². The van der Waals surface area contributed by atoms with Crippen LogP contribution in [-0.4, -0.2) is 42.1 Å². The number of fused-ring (bicyclic) bond motifs is 1. The molecule has 0 radical (unpaired) electrons. The fourth-order valence-corrected chi connectivity index (χ4v) is 3.05. The number of nitrogens with one attached hydrogen (secondary N) is 1. The Labute approximate surface area is 120 Å². The van der Waals surface area contributed by atoms with Gasteiger partial charge in [-0.1, -0.05) is 0 Å². The topological polar surface area (TPSA) is 78.9 Å². The second-order valence-corrected chi connectivity index (χ2v) is 5.66. The Morgan fingerprint density at radius 1 is 1.45 bits per heavy atom. The minimum Gasteiger partial charge on any atom is -0.444 e. The molecule has 7 heteroatoms. The number of amides is 2. The van der Waals surface area contributed by atoms with Crippen LogP contribution in [0.15, 0.2) is 23.1 Å². The lowest BCUT2D eigenvalue weighted by atomic mass is 10.2. The number of thioether (sulfide) groups is 1. The maximum absolute atomic E-state index is 11.8. The second-order valence-electron chi connectivity index (χ2n) is 4.65. The van der Waals surface area contributed by atoms with Crippen LogP contribution >= 0.6 is 11.8 Å². The maximum Gasteiger partial charge on any atom is 0.414 e. The molecule has 1 fully saturated rings. The zero-order valence-electron chi connectivity index (χ0n) is 10.7. The largest absolute Gasteiger partial charge is 0.444 e. The Hall–Kier alpha value is -1.73. The molecule has 1 aromatic carbocycles. The van der Waals surface area contributed by atoms with Gasteiger partial charge in [0.2, 0.25) is 5.91 Å². The average molecular weight is 294 g/mol. The Balaban J connectivity index is 1.82. The van der Waals surface area contributed by atoms with Gasteiger partial charge < -0.3 is 15.2 Å². The Kier molecular flexibility index (Phi) is 3.54. The number of carbonyl (C=O) groups is 2. The lowest BCUT2D eigenvalue weighted by Gasteiger charge is -2.19. The van der Waals surface area contributed by atoms with Gasteiger partial charge in [-0.15, -0.1) is 11.8 Å². The highest BCUT2D eigenvalue weighted by molar-refractivity contribution is 8.00. The molecule has 1 saturated heterocycles. The number of anilines is 2. The minimum atomic E-state index is -0.418. The second kappa shape index (κ2) is 5.34. The third-order valence-electron chi connectivity index (χ3n) is 3.23. The summed E-state index contributed by atoms with van der Waals surface area (Å²) in [6, 6.07) is 5.51. The zero-order chi connectivity index (χ0) is 14.1. The number of aliphatic hydroxyl groups excluding tert-OH is 1. The highest BCUT2D eigenvalue weighted by atomic mass is 32.2. The molecule has 2 aliphatic heterocycles. The van der Waals surface area contributed by atoms with Crippen LogP contribution in [0.5, 0.6) is 0 Å². The Morgan fingerprint density at radius 2 is 2.30 bits per heavy atom. The molecule has 2 aliphatic rings. The third-order valence-corrected chi connectivity index (χ3v) is 4.31. The van der Waals surface area contributed by atoms with Crippen molar-refractivity contribution in [2.24, 2.45) is 0 Å². The molecule has 0 spiro atoms. The van der Waals surface area contributed by atoms with Gasteiger partial charge in [0.1, 0.15) is 6.10 Å². The van der Waals surface area contributed by atoms with Crippen molar-refractivity contribution in [3.05, 3.63) is 18.2 Å². The first kappa shape index (κ1) is 13.3. The molecule has 1 atom stereocenters. The first-order valence-electron chi connectivity index (χ1n) is 6.33. The predicted molar refractivity (Wildman–Crippen MR) is 75.1 cm³/mol. The molecule has 2 N–H and O–H groups in total. The highest BCUT2D eigenvalue weighted by Gasteiger charge is 2.32. The Morgan fingerprint density at radius 3 is 3.10 bits per heavy atom. The van der Waals surface area contributed by atoms with Gasteiger partial charge in [-0.3, -0.25) is 9.69 Å². The zero-order valence-corrected chi connectivity index (χ0v) is 11.5. The predicted octanol–water partition coefficient (Wildman–Crippen LogP) is 1.44. The van der Waals surface area contributed by atoms with Crippen LogP contribution in [0.3, 0.4) is 0 Å². The van der Waals surface area contributed by atoms with E-state index in [1.807, 2.05) is 12.1 Å². The highest BCUT2D eigenvalue weighted by Crippen LogP contribution is 2.35. The molecule has 0 aliphatic carbocycles. The van der Waals surface area contributed by atoms with Crippen LogP contribution in [0.2, 0.25) is 0 Å². The van der Waals surface area contributed by atoms with Crippen molar-refractivity contribution in [3.63, 3.8) is 0 Å². The van der Waals surface area contributed by atoms with Crippen molar-refractivity contribution in [2.75, 3.05) is 29.1 Å². The number of benzene rings is 1. The Bertz CT molecular complexity index is 563. The number of aliphatic hydroxyl groups is 1. The number of hydrogen-bond donors (Lipinski definition) is 2. The van der Waals surface area contributed by atoms with Crippen LogP contribution < -0.4 is 10.2 Å². The normalized spacial score (nSPS) is 21.4. The van der Waals surface area contributed by atoms with Gasteiger partial charge in [-0.25, -0.2) is 4.79 Å². The molecule has 1 aromatic rings. The summed E-state index contributed by atoms with van der Waals surface area (Å²) in [5, 5.41) is 11.7. The summed E-state index contributed by atoms with van der Waals surface area (Å²) in [5.41, 5.74) is 1.42. The van der Waals surface area contributed by atoms with E-state index >= 15 is 0 Å². The molecule has 0 saturated carbocycles. The van der Waals surface area contributed by atoms with E-state index < -0.39 is 6.09 Å². The van der Waals surface area contributed by atoms with E-state index in [0.717, 1.165) is 10.6 Å². The molecule has 0 bridgehead atoms. The summed E-state index contributed by atoms with van der Waals surface area (Å²) < 4.78 is 5.17. The van der Waals surface area contributed by atoms with E-state index in [0.29, 0.717) is 24.4 Å². The number of carbonyl (C=O) groups excluding carboxylic acids is 2. The summed E-state index contributed by atoms with van der Waals surface area (Å²) in [6.45, 7) is 0.405. The summed E-state index contributed by atoms with van der Waals surface area (Å²) in [4.78, 5) is 25.7. The lowest BCUT2D eigenvalue weighted by Crippen LogP contribution is -2.25. The minimum absolute atomic E-state index is 0.0112. The molecule has 2 amide bonds. The van der Waals surface area contributed by atoms with Crippen LogP contribution in [0.1, 0.15) is 6.42 Å². The molecular weight excluding hydrogens is 280 g/mol. The van der Waals surface area contributed by atoms with E-state index in [-0.39, 0.29) is 18.6 Å². The standard InChI is InChI=1S/C13H14N2O4S/c16-4-3-9-6-15(13(18)19-9)8-1-2-11-10(5-8)14-12(17)7-20-11/h1-2,5,9,16H,3-4,6-7H2,(H,14,17)/t9-/m0/s1. The van der Waals surface area contributed by atoms with Gasteiger partial charge in [-0.05, 0) is 18.2 Å². The van der Waals surface area contributed by atoms with E-state index in [9.17, 15) is 9.59 Å². The van der Waals surface area contributed by atoms with E-state index in [1.165, 1.54) is 16.7 Å². The molecule has 20 heavy (non-hydrogen) atoms. The molecular formula is C13H14N2O4S. The van der Waals surface area contributed by atoms with Gasteiger partial charge in [0.05, 0.1) is 18.0 Å². The maximum atomic E-state index is 11.8. The summed E-state index contributed by atoms with van der Waals surface area (Å²) in [5.74, 6) is 0.373. The van der Waals surface area contributed by atoms with Gasteiger partial charge in [0, 0.05) is 23.6 Å². The number of hydrogen-bond acceptors (Lipinski definition) is 5. The van der Waals surface area contributed by atoms with Crippen molar-refractivity contribution >= 4 is 35.1 Å².